The van der Waals surface area contributed by atoms with Crippen molar-refractivity contribution >= 4 is 27.5 Å². The Hall–Kier alpha value is -2.03. The van der Waals surface area contributed by atoms with E-state index >= 15 is 0 Å². The Kier molecular flexibility index (Phi) is 3.98. The van der Waals surface area contributed by atoms with E-state index in [1.54, 1.807) is 42.5 Å². The zero-order chi connectivity index (χ0) is 14.8. The van der Waals surface area contributed by atoms with Gasteiger partial charge in [-0.25, -0.2) is 8.42 Å². The first kappa shape index (κ1) is 14.4. The molecule has 2 aromatic rings. The maximum Gasteiger partial charge on any atom is 0.185 e. The highest BCUT2D eigenvalue weighted by Gasteiger charge is 2.12. The molecule has 0 atom stereocenters. The summed E-state index contributed by atoms with van der Waals surface area (Å²) in [4.78, 5) is -0.338. The van der Waals surface area contributed by atoms with Gasteiger partial charge < -0.3 is 4.42 Å². The molecule has 1 heterocycles. The van der Waals surface area contributed by atoms with Gasteiger partial charge in [0.05, 0.1) is 0 Å². The first-order valence-corrected chi connectivity index (χ1v) is 7.85. The van der Waals surface area contributed by atoms with Gasteiger partial charge >= 0.3 is 0 Å². The highest BCUT2D eigenvalue weighted by molar-refractivity contribution is 7.95. The van der Waals surface area contributed by atoms with Crippen LogP contribution in [0.3, 0.4) is 0 Å². The maximum absolute atomic E-state index is 11.3. The summed E-state index contributed by atoms with van der Waals surface area (Å²) >= 11 is 5.80. The number of halogens is 1. The smallest absolute Gasteiger partial charge is 0.185 e. The summed E-state index contributed by atoms with van der Waals surface area (Å²) in [5.74, 6) is 0.871. The fourth-order valence-electron chi connectivity index (χ4n) is 1.55. The summed E-state index contributed by atoms with van der Waals surface area (Å²) in [6, 6.07) is 12.0. The molecule has 1 aromatic heterocycles. The van der Waals surface area contributed by atoms with Gasteiger partial charge in [0.1, 0.15) is 22.5 Å². The van der Waals surface area contributed by atoms with Crippen LogP contribution in [0, 0.1) is 11.3 Å². The molecule has 0 spiro atoms. The Bertz CT molecular complexity index is 796. The molecule has 6 heteroatoms. The van der Waals surface area contributed by atoms with Crippen molar-refractivity contribution in [2.24, 2.45) is 0 Å². The van der Waals surface area contributed by atoms with Crippen molar-refractivity contribution in [3.8, 4) is 17.4 Å². The number of benzene rings is 1. The number of sulfone groups is 1. The summed E-state index contributed by atoms with van der Waals surface area (Å²) < 4.78 is 28.2. The molecule has 0 fully saturated rings. The standard InChI is InChI=1S/C14H10ClNO3S/c1-20(17,18)13(9-16)8-12-6-7-14(19-12)10-2-4-11(15)5-3-10/h2-8H,1H3/b13-8+. The van der Waals surface area contributed by atoms with Crippen LogP contribution >= 0.6 is 11.6 Å². The highest BCUT2D eigenvalue weighted by atomic mass is 35.5. The second-order valence-electron chi connectivity index (χ2n) is 4.10. The molecule has 1 aromatic carbocycles. The molecule has 4 nitrogen and oxygen atoms in total. The number of nitriles is 1. The van der Waals surface area contributed by atoms with Gasteiger partial charge in [-0.3, -0.25) is 0 Å². The minimum absolute atomic E-state index is 0.303. The molecule has 0 saturated carbocycles. The first-order chi connectivity index (χ1) is 9.40. The van der Waals surface area contributed by atoms with Crippen LogP contribution in [0.1, 0.15) is 5.76 Å². The molecule has 0 saturated heterocycles. The number of hydrogen-bond donors (Lipinski definition) is 0. The van der Waals surface area contributed by atoms with E-state index < -0.39 is 9.84 Å². The summed E-state index contributed by atoms with van der Waals surface area (Å²) in [5, 5.41) is 9.44. The van der Waals surface area contributed by atoms with Crippen LogP contribution in [-0.2, 0) is 9.84 Å². The molecule has 0 N–H and O–H groups in total. The van der Waals surface area contributed by atoms with Gasteiger partial charge in [0.2, 0.25) is 0 Å². The molecule has 0 unspecified atom stereocenters. The topological polar surface area (TPSA) is 71.1 Å². The molecule has 0 radical (unpaired) electrons. The minimum atomic E-state index is -3.55. The lowest BCUT2D eigenvalue weighted by atomic mass is 10.2. The average molecular weight is 308 g/mol. The van der Waals surface area contributed by atoms with Crippen molar-refractivity contribution in [2.45, 2.75) is 0 Å². The third-order valence-corrected chi connectivity index (χ3v) is 3.80. The van der Waals surface area contributed by atoms with E-state index in [2.05, 4.69) is 0 Å². The summed E-state index contributed by atoms with van der Waals surface area (Å²) in [5.41, 5.74) is 0.812. The fourth-order valence-corrected chi connectivity index (χ4v) is 2.17. The molecule has 0 aliphatic rings. The van der Waals surface area contributed by atoms with E-state index in [0.29, 0.717) is 16.5 Å². The third-order valence-electron chi connectivity index (χ3n) is 2.54. The Morgan fingerprint density at radius 3 is 2.45 bits per heavy atom. The van der Waals surface area contributed by atoms with Crippen molar-refractivity contribution < 1.29 is 12.8 Å². The quantitative estimate of drug-likeness (QED) is 0.813. The predicted molar refractivity (Wildman–Crippen MR) is 77.6 cm³/mol. The number of allylic oxidation sites excluding steroid dienone is 1. The average Bonchev–Trinajstić information content (AvgIpc) is 2.84. The van der Waals surface area contributed by atoms with Gasteiger partial charge in [-0.1, -0.05) is 11.6 Å². The Labute approximate surface area is 121 Å². The molecule has 2 rings (SSSR count). The normalized spacial score (nSPS) is 12.2. The summed E-state index contributed by atoms with van der Waals surface area (Å²) in [6.07, 6.45) is 2.18. The lowest BCUT2D eigenvalue weighted by Gasteiger charge is -1.97. The van der Waals surface area contributed by atoms with Gasteiger partial charge in [0.15, 0.2) is 9.84 Å². The van der Waals surface area contributed by atoms with Crippen molar-refractivity contribution in [2.75, 3.05) is 6.26 Å². The molecule has 0 aliphatic carbocycles. The third kappa shape index (κ3) is 3.29. The lowest BCUT2D eigenvalue weighted by Crippen LogP contribution is -1.97. The van der Waals surface area contributed by atoms with Crippen molar-refractivity contribution in [1.82, 2.24) is 0 Å². The number of nitrogens with zero attached hydrogens (tertiary/aromatic N) is 1. The predicted octanol–water partition coefficient (Wildman–Crippen LogP) is 3.51. The van der Waals surface area contributed by atoms with Gasteiger partial charge in [0, 0.05) is 22.9 Å². The minimum Gasteiger partial charge on any atom is -0.457 e. The van der Waals surface area contributed by atoms with E-state index in [9.17, 15) is 8.42 Å². The molecule has 0 bridgehead atoms. The zero-order valence-corrected chi connectivity index (χ0v) is 12.1. The highest BCUT2D eigenvalue weighted by Crippen LogP contribution is 2.25. The molecule has 20 heavy (non-hydrogen) atoms. The monoisotopic (exact) mass is 307 g/mol. The summed E-state index contributed by atoms with van der Waals surface area (Å²) in [6.45, 7) is 0. The van der Waals surface area contributed by atoms with Crippen LogP contribution in [-0.4, -0.2) is 14.7 Å². The SMILES string of the molecule is CS(=O)(=O)/C(C#N)=C/c1ccc(-c2ccc(Cl)cc2)o1. The molecular formula is C14H10ClNO3S. The van der Waals surface area contributed by atoms with Crippen LogP contribution in [0.5, 0.6) is 0 Å². The van der Waals surface area contributed by atoms with Gasteiger partial charge in [0.25, 0.3) is 0 Å². The van der Waals surface area contributed by atoms with Gasteiger partial charge in [-0.05, 0) is 36.4 Å². The summed E-state index contributed by atoms with van der Waals surface area (Å²) in [7, 11) is -3.55. The Balaban J connectivity index is 2.37. The zero-order valence-electron chi connectivity index (χ0n) is 10.5. The van der Waals surface area contributed by atoms with Gasteiger partial charge in [-0.15, -0.1) is 0 Å². The Morgan fingerprint density at radius 1 is 1.25 bits per heavy atom. The van der Waals surface area contributed by atoms with Crippen LogP contribution in [0.25, 0.3) is 17.4 Å². The molecule has 102 valence electrons. The second-order valence-corrected chi connectivity index (χ2v) is 6.52. The van der Waals surface area contributed by atoms with Crippen LogP contribution in [0.2, 0.25) is 5.02 Å². The van der Waals surface area contributed by atoms with Crippen LogP contribution in [0.4, 0.5) is 0 Å². The van der Waals surface area contributed by atoms with Gasteiger partial charge in [-0.2, -0.15) is 5.26 Å². The molecule has 0 aliphatic heterocycles. The molecular weight excluding hydrogens is 298 g/mol. The van der Waals surface area contributed by atoms with E-state index in [-0.39, 0.29) is 4.91 Å². The van der Waals surface area contributed by atoms with E-state index in [1.807, 2.05) is 0 Å². The van der Waals surface area contributed by atoms with E-state index in [1.165, 1.54) is 6.08 Å². The maximum atomic E-state index is 11.3. The van der Waals surface area contributed by atoms with E-state index in [4.69, 9.17) is 21.3 Å². The second kappa shape index (κ2) is 5.53. The molecule has 0 amide bonds. The fraction of sp³-hybridized carbons (Fsp3) is 0.0714. The van der Waals surface area contributed by atoms with Crippen molar-refractivity contribution in [3.05, 3.63) is 52.1 Å². The van der Waals surface area contributed by atoms with E-state index in [0.717, 1.165) is 11.8 Å². The van der Waals surface area contributed by atoms with Crippen molar-refractivity contribution in [3.63, 3.8) is 0 Å². The van der Waals surface area contributed by atoms with Crippen LogP contribution in [0.15, 0.2) is 45.7 Å². The number of hydrogen-bond acceptors (Lipinski definition) is 4. The first-order valence-electron chi connectivity index (χ1n) is 5.58. The van der Waals surface area contributed by atoms with Crippen molar-refractivity contribution in [1.29, 1.82) is 5.26 Å². The Morgan fingerprint density at radius 2 is 1.90 bits per heavy atom. The lowest BCUT2D eigenvalue weighted by molar-refractivity contribution is 0.571. The number of rotatable bonds is 3. The van der Waals surface area contributed by atoms with Crippen LogP contribution < -0.4 is 0 Å². The largest absolute Gasteiger partial charge is 0.457 e. The number of furan rings is 1.